The molecule has 6 nitrogen and oxygen atoms in total. The molecular weight excluding hydrogens is 321 g/mol. The fourth-order valence-corrected chi connectivity index (χ4v) is 3.01. The number of carbonyl (C=O) groups is 2. The Hall–Kier alpha value is -2.32. The van der Waals surface area contributed by atoms with Crippen molar-refractivity contribution in [3.05, 3.63) is 47.2 Å². The zero-order chi connectivity index (χ0) is 16.4. The third kappa shape index (κ3) is 3.08. The number of amides is 2. The second-order valence-corrected chi connectivity index (χ2v) is 5.92. The summed E-state index contributed by atoms with van der Waals surface area (Å²) < 4.78 is 19.6. The molecule has 1 aromatic heterocycles. The Morgan fingerprint density at radius 3 is 2.96 bits per heavy atom. The van der Waals surface area contributed by atoms with Crippen LogP contribution in [0.2, 0.25) is 0 Å². The van der Waals surface area contributed by atoms with Gasteiger partial charge in [0, 0.05) is 24.2 Å². The number of thiazole rings is 1. The molecular formula is C15H14FN3O3S. The van der Waals surface area contributed by atoms with Gasteiger partial charge < -0.3 is 9.64 Å². The van der Waals surface area contributed by atoms with Gasteiger partial charge in [0.25, 0.3) is 5.91 Å². The molecule has 23 heavy (non-hydrogen) atoms. The number of hydrogen-bond acceptors (Lipinski definition) is 5. The zero-order valence-corrected chi connectivity index (χ0v) is 13.0. The minimum Gasteiger partial charge on any atom is -0.356 e. The molecule has 0 spiro atoms. The average molecular weight is 335 g/mol. The highest BCUT2D eigenvalue weighted by atomic mass is 32.1. The zero-order valence-electron chi connectivity index (χ0n) is 12.2. The topological polar surface area (TPSA) is 71.5 Å². The Bertz CT molecular complexity index is 723. The van der Waals surface area contributed by atoms with E-state index in [1.165, 1.54) is 29.4 Å². The number of halogens is 1. The quantitative estimate of drug-likeness (QED) is 0.929. The van der Waals surface area contributed by atoms with Gasteiger partial charge in [-0.2, -0.15) is 0 Å². The molecule has 120 valence electrons. The van der Waals surface area contributed by atoms with Crippen LogP contribution >= 0.6 is 11.3 Å². The van der Waals surface area contributed by atoms with Gasteiger partial charge in [-0.25, -0.2) is 9.37 Å². The summed E-state index contributed by atoms with van der Waals surface area (Å²) in [6.07, 6.45) is 0.546. The predicted molar refractivity (Wildman–Crippen MR) is 82.4 cm³/mol. The molecule has 1 aliphatic rings. The van der Waals surface area contributed by atoms with Crippen molar-refractivity contribution in [1.29, 1.82) is 0 Å². The van der Waals surface area contributed by atoms with Gasteiger partial charge in [0.15, 0.2) is 11.2 Å². The smallest absolute Gasteiger partial charge is 0.257 e. The van der Waals surface area contributed by atoms with E-state index in [0.29, 0.717) is 5.13 Å². The number of benzene rings is 1. The van der Waals surface area contributed by atoms with E-state index in [2.05, 4.69) is 10.3 Å². The lowest BCUT2D eigenvalue weighted by Gasteiger charge is -2.38. The first-order valence-corrected chi connectivity index (χ1v) is 7.78. The van der Waals surface area contributed by atoms with E-state index in [-0.39, 0.29) is 18.1 Å². The van der Waals surface area contributed by atoms with Gasteiger partial charge in [-0.15, -0.1) is 11.3 Å². The monoisotopic (exact) mass is 335 g/mol. The third-order valence-electron chi connectivity index (χ3n) is 3.63. The molecule has 2 heterocycles. The summed E-state index contributed by atoms with van der Waals surface area (Å²) in [5, 5.41) is 4.77. The molecule has 0 aliphatic carbocycles. The van der Waals surface area contributed by atoms with Crippen molar-refractivity contribution in [1.82, 2.24) is 9.88 Å². The molecule has 1 saturated heterocycles. The summed E-state index contributed by atoms with van der Waals surface area (Å²) in [5.41, 5.74) is 0.238. The van der Waals surface area contributed by atoms with Crippen molar-refractivity contribution >= 4 is 28.3 Å². The van der Waals surface area contributed by atoms with Gasteiger partial charge in [-0.1, -0.05) is 18.2 Å². The van der Waals surface area contributed by atoms with Crippen LogP contribution in [0.5, 0.6) is 0 Å². The maximum Gasteiger partial charge on any atom is 0.257 e. The van der Waals surface area contributed by atoms with Gasteiger partial charge in [-0.3, -0.25) is 14.9 Å². The number of likely N-dealkylation sites (N-methyl/N-ethyl adjacent to an activating group) is 1. The highest BCUT2D eigenvalue weighted by Crippen LogP contribution is 2.31. The Morgan fingerprint density at radius 1 is 1.48 bits per heavy atom. The average Bonchev–Trinajstić information content (AvgIpc) is 3.03. The number of nitrogens with zero attached hydrogens (tertiary/aromatic N) is 2. The first-order chi connectivity index (χ1) is 11.1. The molecule has 0 radical (unpaired) electrons. The number of anilines is 1. The number of hydrogen-bond donors (Lipinski definition) is 1. The minimum atomic E-state index is -1.02. The standard InChI is InChI=1S/C15H14FN3O3S/c1-19-11(20)8-22-13(14(21)18-15-17-6-7-23-15)12(19)9-4-2-3-5-10(9)16/h2-7,12-13H,8H2,1H3,(H,17,18,21)/t12-,13+/m1/s1. The van der Waals surface area contributed by atoms with Crippen LogP contribution in [0.25, 0.3) is 0 Å². The summed E-state index contributed by atoms with van der Waals surface area (Å²) in [6, 6.07) is 5.20. The molecule has 0 unspecified atom stereocenters. The van der Waals surface area contributed by atoms with E-state index in [9.17, 15) is 14.0 Å². The summed E-state index contributed by atoms with van der Waals surface area (Å²) in [7, 11) is 1.53. The van der Waals surface area contributed by atoms with E-state index in [1.54, 1.807) is 29.8 Å². The van der Waals surface area contributed by atoms with Gasteiger partial charge in [0.2, 0.25) is 5.91 Å². The lowest BCUT2D eigenvalue weighted by Crippen LogP contribution is -2.51. The second kappa shape index (κ2) is 6.43. The number of aromatic nitrogens is 1. The van der Waals surface area contributed by atoms with Crippen LogP contribution < -0.4 is 5.32 Å². The number of nitrogens with one attached hydrogen (secondary N) is 1. The van der Waals surface area contributed by atoms with E-state index in [4.69, 9.17) is 4.74 Å². The van der Waals surface area contributed by atoms with E-state index < -0.39 is 23.9 Å². The lowest BCUT2D eigenvalue weighted by molar-refractivity contribution is -0.160. The van der Waals surface area contributed by atoms with Gasteiger partial charge >= 0.3 is 0 Å². The SMILES string of the molecule is CN1C(=O)CO[C@H](C(=O)Nc2nccs2)[C@H]1c1ccccc1F. The molecule has 1 aliphatic heterocycles. The fraction of sp³-hybridized carbons (Fsp3) is 0.267. The normalized spacial score (nSPS) is 21.3. The Morgan fingerprint density at radius 2 is 2.26 bits per heavy atom. The third-order valence-corrected chi connectivity index (χ3v) is 4.32. The highest BCUT2D eigenvalue weighted by molar-refractivity contribution is 7.13. The minimum absolute atomic E-state index is 0.225. The Kier molecular flexibility index (Phi) is 4.35. The fourth-order valence-electron chi connectivity index (χ4n) is 2.48. The number of morpholine rings is 1. The first kappa shape index (κ1) is 15.6. The maximum absolute atomic E-state index is 14.2. The molecule has 1 aromatic carbocycles. The molecule has 2 aromatic rings. The molecule has 1 fully saturated rings. The van der Waals surface area contributed by atoms with Crippen molar-refractivity contribution in [2.24, 2.45) is 0 Å². The van der Waals surface area contributed by atoms with Crippen molar-refractivity contribution in [3.63, 3.8) is 0 Å². The maximum atomic E-state index is 14.2. The molecule has 0 bridgehead atoms. The molecule has 0 saturated carbocycles. The van der Waals surface area contributed by atoms with Gasteiger partial charge in [0.05, 0.1) is 6.04 Å². The Balaban J connectivity index is 1.91. The van der Waals surface area contributed by atoms with E-state index in [0.717, 1.165) is 0 Å². The summed E-state index contributed by atoms with van der Waals surface area (Å²) in [4.78, 5) is 29.7. The van der Waals surface area contributed by atoms with Crippen LogP contribution in [0.1, 0.15) is 11.6 Å². The first-order valence-electron chi connectivity index (χ1n) is 6.90. The Labute approximate surface area is 135 Å². The molecule has 1 N–H and O–H groups in total. The molecule has 8 heteroatoms. The van der Waals surface area contributed by atoms with Gasteiger partial charge in [0.1, 0.15) is 12.4 Å². The number of carbonyl (C=O) groups excluding carboxylic acids is 2. The predicted octanol–water partition coefficient (Wildman–Crippen LogP) is 1.82. The largest absolute Gasteiger partial charge is 0.356 e. The second-order valence-electron chi connectivity index (χ2n) is 5.03. The van der Waals surface area contributed by atoms with Gasteiger partial charge in [-0.05, 0) is 6.07 Å². The van der Waals surface area contributed by atoms with Crippen molar-refractivity contribution in [2.75, 3.05) is 19.0 Å². The molecule has 3 rings (SSSR count). The highest BCUT2D eigenvalue weighted by Gasteiger charge is 2.41. The summed E-state index contributed by atoms with van der Waals surface area (Å²) >= 11 is 1.26. The van der Waals surface area contributed by atoms with Crippen LogP contribution in [-0.4, -0.2) is 41.5 Å². The van der Waals surface area contributed by atoms with Crippen molar-refractivity contribution in [3.8, 4) is 0 Å². The number of rotatable bonds is 3. The van der Waals surface area contributed by atoms with Crippen LogP contribution in [-0.2, 0) is 14.3 Å². The lowest BCUT2D eigenvalue weighted by atomic mass is 9.97. The summed E-state index contributed by atoms with van der Waals surface area (Å²) in [6.45, 7) is -0.225. The summed E-state index contributed by atoms with van der Waals surface area (Å²) in [5.74, 6) is -1.26. The van der Waals surface area contributed by atoms with Crippen molar-refractivity contribution in [2.45, 2.75) is 12.1 Å². The van der Waals surface area contributed by atoms with E-state index in [1.807, 2.05) is 0 Å². The van der Waals surface area contributed by atoms with Crippen LogP contribution in [0.15, 0.2) is 35.8 Å². The van der Waals surface area contributed by atoms with Crippen LogP contribution in [0.3, 0.4) is 0 Å². The van der Waals surface area contributed by atoms with E-state index >= 15 is 0 Å². The molecule has 2 atom stereocenters. The van der Waals surface area contributed by atoms with Crippen LogP contribution in [0, 0.1) is 5.82 Å². The van der Waals surface area contributed by atoms with Crippen molar-refractivity contribution < 1.29 is 18.7 Å². The number of ether oxygens (including phenoxy) is 1. The van der Waals surface area contributed by atoms with Crippen LogP contribution in [0.4, 0.5) is 9.52 Å². The molecule has 2 amide bonds.